The number of hydrogen-bond acceptors (Lipinski definition) is 24. The summed E-state index contributed by atoms with van der Waals surface area (Å²) in [7, 11) is 7.04. The number of anilines is 6. The maximum atomic E-state index is 12.8. The van der Waals surface area contributed by atoms with E-state index >= 15 is 0 Å². The molecule has 2 aromatic carbocycles. The summed E-state index contributed by atoms with van der Waals surface area (Å²) in [4.78, 5) is 56.6. The summed E-state index contributed by atoms with van der Waals surface area (Å²) < 4.78 is 60.8. The third kappa shape index (κ3) is 27.6. The minimum atomic E-state index is -0.593. The third-order valence-corrected chi connectivity index (χ3v) is 19.5. The summed E-state index contributed by atoms with van der Waals surface area (Å²) in [6, 6.07) is 27.1. The van der Waals surface area contributed by atoms with E-state index in [1.54, 1.807) is 19.3 Å². The van der Waals surface area contributed by atoms with E-state index in [1.807, 2.05) is 163 Å². The van der Waals surface area contributed by atoms with Gasteiger partial charge in [0.05, 0.1) is 81.4 Å². The molecule has 4 aliphatic heterocycles. The van der Waals surface area contributed by atoms with Gasteiger partial charge in [-0.05, 0) is 195 Å². The SMILES string of the molecule is C1CCOC1.CC(=O)c1ncc(Br)cc1F.CNN.Cc1nn(C)c2cc(-c3cc(Nc4ccc(Cl)cc4)nc(N4CCOCC4)n3)cnc12.Cc1nn(C)c2cc(B3OC(C)(C)C(C)(C)O3)cnc12.Cc1nn(C)c2cc(Br)cnc12.Clc1ccc(Nc2cc(Cl)nc(N3CCOCC3)n2)cc1.[C-]#[N+]c1ncc(Br)cc1F.[CH3-].[I-].[Mg+2]. The first-order valence-electron chi connectivity index (χ1n) is 35.4. The molecule has 0 unspecified atom stereocenters. The molecule has 4 fully saturated rings. The fourth-order valence-corrected chi connectivity index (χ4v) is 12.5. The van der Waals surface area contributed by atoms with Crippen molar-refractivity contribution in [2.45, 2.75) is 79.4 Å². The smallest absolute Gasteiger partial charge is 1.00 e. The van der Waals surface area contributed by atoms with Crippen LogP contribution in [0, 0.1) is 46.4 Å². The van der Waals surface area contributed by atoms with Crippen molar-refractivity contribution < 1.29 is 61.1 Å². The molecule has 14 heterocycles. The van der Waals surface area contributed by atoms with Crippen LogP contribution in [0.1, 0.15) is 75.0 Å². The van der Waals surface area contributed by atoms with E-state index < -0.39 is 11.6 Å². The Hall–Kier alpha value is -7.43. The number of carbonyl (C=O) groups excluding carboxylic acids is 1. The van der Waals surface area contributed by atoms with Gasteiger partial charge in [-0.3, -0.25) is 45.1 Å². The number of fused-ring (bicyclic) bond motifs is 3. The number of rotatable bonds is 9. The van der Waals surface area contributed by atoms with Gasteiger partial charge in [0.15, 0.2) is 17.4 Å². The number of morpholine rings is 2. The predicted octanol–water partition coefficient (Wildman–Crippen LogP) is 12.6. The number of Topliss-reactive ketones (excluding diaryl/α,β-unsaturated/α-hetero) is 1. The van der Waals surface area contributed by atoms with Gasteiger partial charge in [-0.15, -0.1) is 4.98 Å². The molecule has 12 aromatic rings. The molecular formula is C77H88BBr3Cl3F2IMgN22O6. The number of ether oxygens (including phenoxy) is 3. The molecule has 4 aliphatic rings. The van der Waals surface area contributed by atoms with Gasteiger partial charge in [-0.2, -0.15) is 25.3 Å². The molecule has 0 aliphatic carbocycles. The van der Waals surface area contributed by atoms with Crippen molar-refractivity contribution in [1.29, 1.82) is 0 Å². The van der Waals surface area contributed by atoms with Gasteiger partial charge in [0, 0.05) is 146 Å². The second-order valence-corrected chi connectivity index (χ2v) is 30.5. The van der Waals surface area contributed by atoms with Crippen LogP contribution in [0.2, 0.25) is 15.2 Å². The van der Waals surface area contributed by atoms with Gasteiger partial charge >= 0.3 is 36.0 Å². The number of ketones is 1. The topological polar surface area (TPSA) is 306 Å². The first-order chi connectivity index (χ1) is 53.9. The average molecular weight is 1960 g/mol. The molecule has 16 rings (SSSR count). The zero-order valence-corrected chi connectivity index (χ0v) is 76.9. The average Bonchev–Trinajstić information content (AvgIpc) is 1.62. The zero-order chi connectivity index (χ0) is 81.7. The van der Waals surface area contributed by atoms with E-state index in [1.165, 1.54) is 44.3 Å². The molecule has 10 aromatic heterocycles. The van der Waals surface area contributed by atoms with E-state index in [2.05, 4.69) is 141 Å². The van der Waals surface area contributed by atoms with Crippen molar-refractivity contribution in [3.05, 3.63) is 204 Å². The van der Waals surface area contributed by atoms with Crippen LogP contribution in [0.15, 0.2) is 135 Å². The number of benzene rings is 2. The van der Waals surface area contributed by atoms with Crippen molar-refractivity contribution in [2.24, 2.45) is 27.0 Å². The molecule has 39 heteroatoms. The number of hydrogen-bond donors (Lipinski definition) is 4. The molecule has 5 N–H and O–H groups in total. The van der Waals surface area contributed by atoms with Crippen molar-refractivity contribution in [2.75, 3.05) is 93.3 Å². The van der Waals surface area contributed by atoms with Crippen LogP contribution in [0.5, 0.6) is 0 Å². The van der Waals surface area contributed by atoms with Crippen LogP contribution < -0.4 is 61.1 Å². The maximum Gasteiger partial charge on any atom is 2.00 e. The van der Waals surface area contributed by atoms with Crippen molar-refractivity contribution >= 4 is 198 Å². The van der Waals surface area contributed by atoms with E-state index in [9.17, 15) is 13.6 Å². The molecule has 0 radical (unpaired) electrons. The summed E-state index contributed by atoms with van der Waals surface area (Å²) in [6.45, 7) is 29.5. The molecule has 0 saturated carbocycles. The van der Waals surface area contributed by atoms with Crippen LogP contribution >= 0.6 is 82.6 Å². The van der Waals surface area contributed by atoms with Crippen LogP contribution in [-0.2, 0) is 44.7 Å². The summed E-state index contributed by atoms with van der Waals surface area (Å²) in [6.07, 6.45) is 10.8. The molecule has 116 heavy (non-hydrogen) atoms. The molecular weight excluding hydrogens is 1880 g/mol. The minimum absolute atomic E-state index is 0. The fraction of sp³-hybridized carbons (Fsp3) is 0.338. The molecule has 0 spiro atoms. The molecule has 28 nitrogen and oxygen atoms in total. The minimum Gasteiger partial charge on any atom is -1.00 e. The van der Waals surface area contributed by atoms with E-state index in [4.69, 9.17) is 74.9 Å². The normalized spacial score (nSPS) is 14.1. The Kier molecular flexibility index (Phi) is 38.8. The fourth-order valence-electron chi connectivity index (χ4n) is 11.1. The number of halogens is 9. The van der Waals surface area contributed by atoms with Crippen LogP contribution in [-0.4, -0.2) is 194 Å². The van der Waals surface area contributed by atoms with Crippen molar-refractivity contribution in [1.82, 2.24) is 79.6 Å². The molecule has 0 atom stereocenters. The number of carbonyl (C=O) groups is 1. The predicted molar refractivity (Wildman–Crippen MR) is 462 cm³/mol. The number of aromatic nitrogens is 15. The van der Waals surface area contributed by atoms with Gasteiger partial charge in [0.1, 0.15) is 45.2 Å². The molecule has 4 saturated heterocycles. The Bertz CT molecular complexity index is 5240. The largest absolute Gasteiger partial charge is 2.00 e. The van der Waals surface area contributed by atoms with Crippen molar-refractivity contribution in [3.8, 4) is 11.3 Å². The maximum absolute atomic E-state index is 12.8. The van der Waals surface area contributed by atoms with Gasteiger partial charge in [-0.25, -0.2) is 23.7 Å². The van der Waals surface area contributed by atoms with E-state index in [-0.39, 0.29) is 90.1 Å². The number of nitrogens with two attached hydrogens (primary N) is 1. The molecule has 0 amide bonds. The van der Waals surface area contributed by atoms with E-state index in [0.717, 1.165) is 122 Å². The third-order valence-electron chi connectivity index (χ3n) is 17.5. The first kappa shape index (κ1) is 97.4. The Morgan fingerprint density at radius 2 is 0.974 bits per heavy atom. The molecule has 610 valence electrons. The van der Waals surface area contributed by atoms with E-state index in [0.29, 0.717) is 74.1 Å². The van der Waals surface area contributed by atoms with Crippen LogP contribution in [0.4, 0.5) is 49.5 Å². The van der Waals surface area contributed by atoms with Crippen molar-refractivity contribution in [3.63, 3.8) is 0 Å². The van der Waals surface area contributed by atoms with Gasteiger partial charge in [0.2, 0.25) is 11.9 Å². The zero-order valence-electron chi connectivity index (χ0n) is 66.3. The standard InChI is InChI=1S/C22H22ClN7O.C14H20BN3O2.C14H14Cl2N4O.C8H8BrN3.C7H5BrFNO.C6H2BrFN2.C4H8O.CH6N2.CH3.HI.Mg/c1-14-21-19(29(2)28-14)11-15(13-24-21)18-12-20(25-17-5-3-16(23)4-6-17)27-22(26-18)30-7-9-31-10-8-30;1-9-12-11(18(6)17-9)7-10(8-16-12)15-19-13(2,3)14(4,5)20-15;15-10-1-3-11(4-2-10)17-13-9-12(16)18-14(19-13)20-5-7-21-8-6-20;1-5-8-7(12(2)11-5)3-6(9)4-10-8;1-4(11)7-6(9)2-5(8)3-10-7;1-9-6-5(8)2-4(7)3-10-6;1-2-4-5-3-1;1-3-2;;;/h3-6,11-13H,7-10H2,1-2H3,(H,25,26,27);7-8H,1-6H3;1-4,9H,5-8H2,(H,17,18,19);3-4H,1-2H3;2-3H,1H3;2-3H;1-4H2;3H,2H2,1H3;1H3;1H;/q;;;;;;;;-1;;+2/p-1. The summed E-state index contributed by atoms with van der Waals surface area (Å²) >= 11 is 27.4. The van der Waals surface area contributed by atoms with Gasteiger partial charge in [0.25, 0.3) is 0 Å². The number of nitrogens with zero attached hydrogens (tertiary/aromatic N) is 18. The summed E-state index contributed by atoms with van der Waals surface area (Å²) in [5.41, 5.74) is 14.5. The second kappa shape index (κ2) is 46.2. The Morgan fingerprint density at radius 1 is 0.569 bits per heavy atom. The monoisotopic (exact) mass is 1960 g/mol. The van der Waals surface area contributed by atoms with Gasteiger partial charge in [-0.1, -0.05) is 41.4 Å². The number of nitrogens with one attached hydrogen (secondary N) is 3. The Labute approximate surface area is 746 Å². The molecule has 0 bridgehead atoms. The summed E-state index contributed by atoms with van der Waals surface area (Å²) in [5.74, 6) is 5.49. The van der Waals surface area contributed by atoms with Crippen LogP contribution in [0.25, 0.3) is 49.2 Å². The van der Waals surface area contributed by atoms with Crippen LogP contribution in [0.3, 0.4) is 0 Å². The Morgan fingerprint density at radius 3 is 1.42 bits per heavy atom. The number of aryl methyl sites for hydroxylation is 6. The quantitative estimate of drug-likeness (QED) is 0.0198. The Balaban J connectivity index is 0.000000220. The van der Waals surface area contributed by atoms with Gasteiger partial charge < -0.3 is 80.2 Å². The number of pyridine rings is 5. The first-order valence-corrected chi connectivity index (χ1v) is 38.9. The summed E-state index contributed by atoms with van der Waals surface area (Å²) in [5, 5.41) is 21.5. The number of hydrazine groups is 1. The second-order valence-electron chi connectivity index (χ2n) is 26.5.